The number of anilines is 1. The second kappa shape index (κ2) is 8.69. The highest BCUT2D eigenvalue weighted by atomic mass is 79.9. The number of rotatable bonds is 4. The Hall–Kier alpha value is -2.89. The Morgan fingerprint density at radius 2 is 1.87 bits per heavy atom. The first-order chi connectivity index (χ1) is 14.9. The maximum absolute atomic E-state index is 13.4. The van der Waals surface area contributed by atoms with Gasteiger partial charge in [-0.3, -0.25) is 4.79 Å². The molecule has 0 aliphatic heterocycles. The van der Waals surface area contributed by atoms with Crippen LogP contribution in [0.1, 0.15) is 21.5 Å². The van der Waals surface area contributed by atoms with Crippen LogP contribution in [-0.2, 0) is 0 Å². The second-order valence-electron chi connectivity index (χ2n) is 7.34. The number of aromatic nitrogens is 1. The highest BCUT2D eigenvalue weighted by Gasteiger charge is 2.17. The molecule has 0 saturated carbocycles. The predicted octanol–water partition coefficient (Wildman–Crippen LogP) is 7.20. The number of ether oxygens (including phenoxy) is 1. The zero-order valence-electron chi connectivity index (χ0n) is 17.3. The quantitative estimate of drug-likeness (QED) is 0.326. The molecule has 4 nitrogen and oxygen atoms in total. The number of amides is 1. The van der Waals surface area contributed by atoms with Gasteiger partial charge < -0.3 is 10.1 Å². The third-order valence-corrected chi connectivity index (χ3v) is 5.84. The summed E-state index contributed by atoms with van der Waals surface area (Å²) in [6.07, 6.45) is 0. The van der Waals surface area contributed by atoms with E-state index in [0.717, 1.165) is 37.8 Å². The van der Waals surface area contributed by atoms with E-state index in [1.54, 1.807) is 19.2 Å². The number of fused-ring (bicyclic) bond motifs is 1. The first-order valence-electron chi connectivity index (χ1n) is 9.68. The van der Waals surface area contributed by atoms with E-state index in [4.69, 9.17) is 21.3 Å². The minimum Gasteiger partial charge on any atom is -0.497 e. The van der Waals surface area contributed by atoms with Gasteiger partial charge in [0.15, 0.2) is 0 Å². The number of carbonyl (C=O) groups excluding carboxylic acids is 1. The van der Waals surface area contributed by atoms with Crippen molar-refractivity contribution >= 4 is 50.0 Å². The molecule has 0 fully saturated rings. The predicted molar refractivity (Wildman–Crippen MR) is 130 cm³/mol. The van der Waals surface area contributed by atoms with Crippen LogP contribution in [0.4, 0.5) is 5.69 Å². The zero-order chi connectivity index (χ0) is 22.1. The Morgan fingerprint density at radius 1 is 1.06 bits per heavy atom. The highest BCUT2D eigenvalue weighted by Crippen LogP contribution is 2.31. The normalized spacial score (nSPS) is 10.9. The summed E-state index contributed by atoms with van der Waals surface area (Å²) in [5.74, 6) is 0.485. The summed E-state index contributed by atoms with van der Waals surface area (Å²) in [7, 11) is 1.63. The van der Waals surface area contributed by atoms with Crippen LogP contribution in [0.25, 0.3) is 22.2 Å². The van der Waals surface area contributed by atoms with Crippen molar-refractivity contribution in [3.63, 3.8) is 0 Å². The van der Waals surface area contributed by atoms with Crippen molar-refractivity contribution in [3.8, 4) is 17.0 Å². The van der Waals surface area contributed by atoms with Crippen molar-refractivity contribution in [2.24, 2.45) is 0 Å². The fourth-order valence-electron chi connectivity index (χ4n) is 3.58. The number of benzene rings is 3. The van der Waals surface area contributed by atoms with Crippen molar-refractivity contribution in [3.05, 3.63) is 86.8 Å². The topological polar surface area (TPSA) is 51.2 Å². The average Bonchev–Trinajstić information content (AvgIpc) is 2.75. The summed E-state index contributed by atoms with van der Waals surface area (Å²) in [6.45, 7) is 4.01. The number of hydrogen-bond donors (Lipinski definition) is 1. The number of hydrogen-bond acceptors (Lipinski definition) is 3. The van der Waals surface area contributed by atoms with Gasteiger partial charge in [-0.15, -0.1) is 0 Å². The summed E-state index contributed by atoms with van der Waals surface area (Å²) in [6, 6.07) is 18.9. The summed E-state index contributed by atoms with van der Waals surface area (Å²) >= 11 is 9.71. The number of aryl methyl sites for hydroxylation is 2. The van der Waals surface area contributed by atoms with Gasteiger partial charge in [-0.25, -0.2) is 4.98 Å². The molecule has 0 bridgehead atoms. The number of pyridine rings is 1. The fourth-order valence-corrected chi connectivity index (χ4v) is 4.30. The van der Waals surface area contributed by atoms with Crippen molar-refractivity contribution < 1.29 is 9.53 Å². The van der Waals surface area contributed by atoms with Gasteiger partial charge in [-0.1, -0.05) is 51.3 Å². The van der Waals surface area contributed by atoms with E-state index >= 15 is 0 Å². The first kappa shape index (κ1) is 21.3. The molecule has 0 atom stereocenters. The van der Waals surface area contributed by atoms with E-state index in [1.807, 2.05) is 56.3 Å². The third-order valence-electron chi connectivity index (χ3n) is 5.04. The first-order valence-corrected chi connectivity index (χ1v) is 10.9. The monoisotopic (exact) mass is 494 g/mol. The lowest BCUT2D eigenvalue weighted by atomic mass is 9.99. The van der Waals surface area contributed by atoms with Gasteiger partial charge in [0.2, 0.25) is 0 Å². The van der Waals surface area contributed by atoms with Gasteiger partial charge in [0.25, 0.3) is 5.91 Å². The molecular formula is C25H20BrClN2O2. The maximum Gasteiger partial charge on any atom is 0.256 e. The van der Waals surface area contributed by atoms with E-state index in [9.17, 15) is 4.79 Å². The number of halogens is 2. The molecule has 1 aromatic heterocycles. The Kier molecular flexibility index (Phi) is 5.99. The van der Waals surface area contributed by atoms with Gasteiger partial charge in [-0.05, 0) is 61.9 Å². The van der Waals surface area contributed by atoms with E-state index in [2.05, 4.69) is 27.3 Å². The minimum absolute atomic E-state index is 0.245. The average molecular weight is 496 g/mol. The molecule has 4 rings (SSSR count). The van der Waals surface area contributed by atoms with E-state index in [1.165, 1.54) is 0 Å². The number of carbonyl (C=O) groups is 1. The third kappa shape index (κ3) is 4.43. The molecule has 31 heavy (non-hydrogen) atoms. The van der Waals surface area contributed by atoms with E-state index in [-0.39, 0.29) is 5.91 Å². The molecule has 0 aliphatic rings. The number of nitrogens with zero attached hydrogens (tertiary/aromatic N) is 1. The van der Waals surface area contributed by atoms with Crippen LogP contribution in [0.2, 0.25) is 5.02 Å². The minimum atomic E-state index is -0.245. The molecule has 1 amide bonds. The molecule has 0 spiro atoms. The molecule has 0 saturated heterocycles. The molecule has 0 aliphatic carbocycles. The molecule has 1 N–H and O–H groups in total. The second-order valence-corrected chi connectivity index (χ2v) is 8.67. The van der Waals surface area contributed by atoms with E-state index in [0.29, 0.717) is 22.0 Å². The largest absolute Gasteiger partial charge is 0.497 e. The lowest BCUT2D eigenvalue weighted by molar-refractivity contribution is 0.102. The van der Waals surface area contributed by atoms with Crippen molar-refractivity contribution in [1.82, 2.24) is 4.98 Å². The van der Waals surface area contributed by atoms with Crippen molar-refractivity contribution in [2.45, 2.75) is 13.8 Å². The van der Waals surface area contributed by atoms with Crippen LogP contribution in [0.5, 0.6) is 5.75 Å². The van der Waals surface area contributed by atoms with Crippen LogP contribution in [-0.4, -0.2) is 18.0 Å². The van der Waals surface area contributed by atoms with Crippen molar-refractivity contribution in [2.75, 3.05) is 12.4 Å². The zero-order valence-corrected chi connectivity index (χ0v) is 19.6. The molecular weight excluding hydrogens is 476 g/mol. The van der Waals surface area contributed by atoms with Gasteiger partial charge in [-0.2, -0.15) is 0 Å². The summed E-state index contributed by atoms with van der Waals surface area (Å²) in [5, 5.41) is 4.20. The van der Waals surface area contributed by atoms with Crippen molar-refractivity contribution in [1.29, 1.82) is 0 Å². The SMILES string of the molecule is COc1cccc(-c2cc(C(=O)Nc3ccc(Br)cc3Cl)c3cc(C)cc(C)c3n2)c1. The fraction of sp³-hybridized carbons (Fsp3) is 0.120. The van der Waals surface area contributed by atoms with Crippen LogP contribution < -0.4 is 10.1 Å². The lowest BCUT2D eigenvalue weighted by Crippen LogP contribution is -2.13. The summed E-state index contributed by atoms with van der Waals surface area (Å²) in [4.78, 5) is 18.2. The lowest BCUT2D eigenvalue weighted by Gasteiger charge is -2.14. The highest BCUT2D eigenvalue weighted by molar-refractivity contribution is 9.10. The number of nitrogens with one attached hydrogen (secondary N) is 1. The Morgan fingerprint density at radius 3 is 2.61 bits per heavy atom. The Labute approximate surface area is 194 Å². The van der Waals surface area contributed by atoms with Gasteiger partial charge in [0.05, 0.1) is 34.6 Å². The van der Waals surface area contributed by atoms with E-state index < -0.39 is 0 Å². The van der Waals surface area contributed by atoms with Gasteiger partial charge >= 0.3 is 0 Å². The Balaban J connectivity index is 1.88. The van der Waals surface area contributed by atoms with Gasteiger partial charge in [0.1, 0.15) is 5.75 Å². The molecule has 4 aromatic rings. The Bertz CT molecular complexity index is 1320. The number of methoxy groups -OCH3 is 1. The molecule has 156 valence electrons. The molecule has 0 unspecified atom stereocenters. The molecule has 1 heterocycles. The maximum atomic E-state index is 13.4. The summed E-state index contributed by atoms with van der Waals surface area (Å²) < 4.78 is 6.20. The molecule has 3 aromatic carbocycles. The molecule has 6 heteroatoms. The van der Waals surface area contributed by atoms with Crippen LogP contribution in [0, 0.1) is 13.8 Å². The summed E-state index contributed by atoms with van der Waals surface area (Å²) in [5.41, 5.74) is 5.52. The standard InChI is InChI=1S/C25H20BrClN2O2/c1-14-9-15(2)24-19(10-14)20(25(30)29-22-8-7-17(26)12-21(22)27)13-23(28-24)16-5-4-6-18(11-16)31-3/h4-13H,1-3H3,(H,29,30). The van der Waals surface area contributed by atoms with Crippen LogP contribution in [0.3, 0.4) is 0 Å². The smallest absolute Gasteiger partial charge is 0.256 e. The molecule has 0 radical (unpaired) electrons. The van der Waals surface area contributed by atoms with Crippen LogP contribution >= 0.6 is 27.5 Å². The van der Waals surface area contributed by atoms with Crippen LogP contribution in [0.15, 0.2) is 65.1 Å². The van der Waals surface area contributed by atoms with Gasteiger partial charge in [0, 0.05) is 15.4 Å².